The molecule has 0 saturated heterocycles. The highest BCUT2D eigenvalue weighted by atomic mass is 16.5. The fourth-order valence-corrected chi connectivity index (χ4v) is 3.78. The zero-order valence-electron chi connectivity index (χ0n) is 17.9. The third-order valence-corrected chi connectivity index (χ3v) is 5.29. The third-order valence-electron chi connectivity index (χ3n) is 5.29. The maximum Gasteiger partial charge on any atom is 0.248 e. The van der Waals surface area contributed by atoms with Crippen molar-refractivity contribution in [1.29, 1.82) is 0 Å². The Bertz CT molecular complexity index is 1210. The molecule has 1 aliphatic carbocycles. The molecule has 4 heteroatoms. The van der Waals surface area contributed by atoms with Gasteiger partial charge in [-0.2, -0.15) is 0 Å². The smallest absolute Gasteiger partial charge is 0.248 e. The zero-order valence-corrected chi connectivity index (χ0v) is 17.9. The normalized spacial score (nSPS) is 17.9. The number of anilines is 1. The summed E-state index contributed by atoms with van der Waals surface area (Å²) in [5, 5.41) is 13.3. The van der Waals surface area contributed by atoms with Crippen molar-refractivity contribution < 1.29 is 14.6 Å². The second kappa shape index (κ2) is 8.29. The monoisotopic (exact) mass is 411 g/mol. The Hall–Kier alpha value is -3.55. The van der Waals surface area contributed by atoms with Gasteiger partial charge < -0.3 is 14.7 Å². The van der Waals surface area contributed by atoms with Crippen molar-refractivity contribution in [1.82, 2.24) is 0 Å². The van der Waals surface area contributed by atoms with Gasteiger partial charge in [0.2, 0.25) is 11.4 Å². The lowest BCUT2D eigenvalue weighted by atomic mass is 9.75. The number of Topliss-reactive ketones (excluding diaryl/α,β-unsaturated/α-hetero) is 1. The second-order valence-corrected chi connectivity index (χ2v) is 7.93. The molecule has 0 aliphatic heterocycles. The summed E-state index contributed by atoms with van der Waals surface area (Å²) in [6.07, 6.45) is -0.187. The summed E-state index contributed by atoms with van der Waals surface area (Å²) in [4.78, 5) is 14.9. The summed E-state index contributed by atoms with van der Waals surface area (Å²) >= 11 is 0. The topological polar surface area (TPSA) is 49.8 Å². The Morgan fingerprint density at radius 3 is 2.42 bits per heavy atom. The number of hydrogen-bond donors (Lipinski definition) is 1. The number of rotatable bonds is 5. The highest BCUT2D eigenvalue weighted by Crippen LogP contribution is 2.42. The lowest BCUT2D eigenvalue weighted by molar-refractivity contribution is -0.131. The Kier molecular flexibility index (Phi) is 5.54. The number of ether oxygens (including phenoxy) is 1. The van der Waals surface area contributed by atoms with Crippen LogP contribution in [0.25, 0.3) is 16.3 Å². The predicted octanol–water partition coefficient (Wildman–Crippen LogP) is 4.43. The molecule has 1 aliphatic rings. The molecule has 31 heavy (non-hydrogen) atoms. The van der Waals surface area contributed by atoms with Gasteiger partial charge in [0.1, 0.15) is 0 Å². The van der Waals surface area contributed by atoms with Gasteiger partial charge in [0, 0.05) is 18.1 Å². The molecule has 0 saturated carbocycles. The van der Waals surface area contributed by atoms with Crippen LogP contribution < -0.4 is 4.90 Å². The van der Waals surface area contributed by atoms with Crippen LogP contribution in [0.1, 0.15) is 19.4 Å². The predicted molar refractivity (Wildman–Crippen MR) is 125 cm³/mol. The number of ketones is 1. The third kappa shape index (κ3) is 3.81. The standard InChI is InChI=1S/C27H25NO3/c1-19(2)31-26-24(21-12-5-4-6-13-21)25(29)27(26,30)17-10-18-28(3)23-16-9-14-20-11-7-8-15-22(20)23/h4-9,11-16,19,30H,18H2,1-3H3. The van der Waals surface area contributed by atoms with E-state index in [0.29, 0.717) is 12.1 Å². The molecule has 0 radical (unpaired) electrons. The maximum atomic E-state index is 12.9. The van der Waals surface area contributed by atoms with Crippen LogP contribution in [0.3, 0.4) is 0 Å². The van der Waals surface area contributed by atoms with E-state index in [9.17, 15) is 9.90 Å². The number of carbonyl (C=O) groups excluding carboxylic acids is 1. The molecule has 3 aromatic carbocycles. The van der Waals surface area contributed by atoms with E-state index in [1.165, 1.54) is 0 Å². The van der Waals surface area contributed by atoms with Crippen LogP contribution in [0.2, 0.25) is 0 Å². The first-order valence-electron chi connectivity index (χ1n) is 10.3. The van der Waals surface area contributed by atoms with Crippen molar-refractivity contribution in [3.05, 3.63) is 84.1 Å². The number of aliphatic hydroxyl groups is 1. The zero-order chi connectivity index (χ0) is 22.0. The summed E-state index contributed by atoms with van der Waals surface area (Å²) in [5.41, 5.74) is 0.254. The van der Waals surface area contributed by atoms with Crippen molar-refractivity contribution in [2.75, 3.05) is 18.5 Å². The number of benzene rings is 3. The van der Waals surface area contributed by atoms with E-state index in [1.807, 2.05) is 80.4 Å². The lowest BCUT2D eigenvalue weighted by Gasteiger charge is -2.36. The van der Waals surface area contributed by atoms with Crippen LogP contribution in [0.15, 0.2) is 78.6 Å². The molecule has 1 N–H and O–H groups in total. The number of fused-ring (bicyclic) bond motifs is 1. The highest BCUT2D eigenvalue weighted by molar-refractivity contribution is 6.35. The van der Waals surface area contributed by atoms with Gasteiger partial charge in [-0.25, -0.2) is 0 Å². The lowest BCUT2D eigenvalue weighted by Crippen LogP contribution is -2.50. The Balaban J connectivity index is 1.62. The average Bonchev–Trinajstić information content (AvgIpc) is 2.78. The van der Waals surface area contributed by atoms with Crippen molar-refractivity contribution >= 4 is 27.8 Å². The molecule has 1 atom stereocenters. The molecular weight excluding hydrogens is 386 g/mol. The van der Waals surface area contributed by atoms with Crippen LogP contribution in [0.4, 0.5) is 5.69 Å². The summed E-state index contributed by atoms with van der Waals surface area (Å²) in [6, 6.07) is 23.5. The van der Waals surface area contributed by atoms with E-state index in [2.05, 4.69) is 30.0 Å². The van der Waals surface area contributed by atoms with Gasteiger partial charge in [-0.3, -0.25) is 4.79 Å². The second-order valence-electron chi connectivity index (χ2n) is 7.93. The molecule has 0 spiro atoms. The molecular formula is C27H25NO3. The van der Waals surface area contributed by atoms with Crippen molar-refractivity contribution in [3.63, 3.8) is 0 Å². The molecule has 0 aromatic heterocycles. The van der Waals surface area contributed by atoms with E-state index >= 15 is 0 Å². The Morgan fingerprint density at radius 1 is 1.00 bits per heavy atom. The SMILES string of the molecule is CC(C)OC1=C(c2ccccc2)C(=O)C1(O)C#CCN(C)c1cccc2ccccc12. The Morgan fingerprint density at radius 2 is 1.68 bits per heavy atom. The van der Waals surface area contributed by atoms with Gasteiger partial charge >= 0.3 is 0 Å². The van der Waals surface area contributed by atoms with Gasteiger partial charge in [-0.05, 0) is 36.8 Å². The van der Waals surface area contributed by atoms with Crippen LogP contribution in [-0.4, -0.2) is 36.2 Å². The first kappa shape index (κ1) is 20.7. The molecule has 4 rings (SSSR count). The first-order chi connectivity index (χ1) is 14.9. The summed E-state index contributed by atoms with van der Waals surface area (Å²) < 4.78 is 5.83. The van der Waals surface area contributed by atoms with Crippen LogP contribution in [-0.2, 0) is 9.53 Å². The molecule has 156 valence electrons. The van der Waals surface area contributed by atoms with E-state index in [4.69, 9.17) is 4.74 Å². The molecule has 0 amide bonds. The van der Waals surface area contributed by atoms with Gasteiger partial charge in [0.15, 0.2) is 5.76 Å². The fraction of sp³-hybridized carbons (Fsp3) is 0.222. The minimum Gasteiger partial charge on any atom is -0.490 e. The van der Waals surface area contributed by atoms with E-state index in [-0.39, 0.29) is 11.9 Å². The molecule has 4 nitrogen and oxygen atoms in total. The molecule has 1 unspecified atom stereocenters. The largest absolute Gasteiger partial charge is 0.490 e. The maximum absolute atomic E-state index is 12.9. The van der Waals surface area contributed by atoms with Crippen LogP contribution in [0, 0.1) is 11.8 Å². The minimum atomic E-state index is -1.91. The van der Waals surface area contributed by atoms with E-state index < -0.39 is 11.4 Å². The first-order valence-corrected chi connectivity index (χ1v) is 10.3. The highest BCUT2D eigenvalue weighted by Gasteiger charge is 2.54. The molecule has 0 fully saturated rings. The van der Waals surface area contributed by atoms with Crippen LogP contribution in [0.5, 0.6) is 0 Å². The Labute approximate surface area is 182 Å². The minimum absolute atomic E-state index is 0.187. The van der Waals surface area contributed by atoms with Gasteiger partial charge in [0.25, 0.3) is 0 Å². The summed E-state index contributed by atoms with van der Waals surface area (Å²) in [6.45, 7) is 4.08. The average molecular weight is 412 g/mol. The molecule has 3 aromatic rings. The van der Waals surface area contributed by atoms with E-state index in [1.54, 1.807) is 0 Å². The van der Waals surface area contributed by atoms with Crippen molar-refractivity contribution in [2.45, 2.75) is 25.6 Å². The summed E-state index contributed by atoms with van der Waals surface area (Å²) in [7, 11) is 1.94. The van der Waals surface area contributed by atoms with Gasteiger partial charge in [-0.1, -0.05) is 72.7 Å². The van der Waals surface area contributed by atoms with Crippen molar-refractivity contribution in [2.24, 2.45) is 0 Å². The fourth-order valence-electron chi connectivity index (χ4n) is 3.78. The van der Waals surface area contributed by atoms with Crippen molar-refractivity contribution in [3.8, 4) is 11.8 Å². The van der Waals surface area contributed by atoms with Crippen LogP contribution >= 0.6 is 0 Å². The van der Waals surface area contributed by atoms with Gasteiger partial charge in [-0.15, -0.1) is 0 Å². The number of nitrogens with zero attached hydrogens (tertiary/aromatic N) is 1. The number of carbonyl (C=O) groups is 1. The quantitative estimate of drug-likeness (QED) is 0.631. The summed E-state index contributed by atoms with van der Waals surface area (Å²) in [5.74, 6) is 5.58. The van der Waals surface area contributed by atoms with Gasteiger partial charge in [0.05, 0.1) is 18.2 Å². The molecule has 0 bridgehead atoms. The van der Waals surface area contributed by atoms with E-state index in [0.717, 1.165) is 22.0 Å². The molecule has 0 heterocycles. The number of hydrogen-bond acceptors (Lipinski definition) is 4.